The quantitative estimate of drug-likeness (QED) is 0.640. The van der Waals surface area contributed by atoms with E-state index in [1.807, 2.05) is 26.8 Å². The minimum absolute atomic E-state index is 0.0386. The van der Waals surface area contributed by atoms with Crippen LogP contribution in [0.1, 0.15) is 39.2 Å². The number of allylic oxidation sites excluding steroid dienone is 1. The van der Waals surface area contributed by atoms with Crippen molar-refractivity contribution in [3.63, 3.8) is 0 Å². The van der Waals surface area contributed by atoms with E-state index in [2.05, 4.69) is 21.6 Å². The Morgan fingerprint density at radius 1 is 1.27 bits per heavy atom. The number of hydrogen-bond donors (Lipinski definition) is 2. The molecule has 2 aromatic rings. The van der Waals surface area contributed by atoms with E-state index in [0.29, 0.717) is 34.1 Å². The number of thioether (sulfide) groups is 1. The van der Waals surface area contributed by atoms with Crippen LogP contribution in [0.4, 0.5) is 10.8 Å². The molecule has 1 aromatic carbocycles. The molecule has 1 aliphatic carbocycles. The lowest BCUT2D eigenvalue weighted by Crippen LogP contribution is -2.52. The number of rotatable bonds is 3. The van der Waals surface area contributed by atoms with Crippen molar-refractivity contribution in [2.45, 2.75) is 43.4 Å². The molecule has 0 fully saturated rings. The number of carbonyl (C=O) groups is 2. The summed E-state index contributed by atoms with van der Waals surface area (Å²) in [5.74, 6) is 0.356. The Bertz CT molecular complexity index is 1320. The van der Waals surface area contributed by atoms with Crippen LogP contribution in [0.25, 0.3) is 0 Å². The number of amides is 1. The van der Waals surface area contributed by atoms with Crippen LogP contribution in [0.2, 0.25) is 0 Å². The van der Waals surface area contributed by atoms with Crippen LogP contribution in [0.15, 0.2) is 51.3 Å². The van der Waals surface area contributed by atoms with Gasteiger partial charge in [-0.3, -0.25) is 14.5 Å². The molecule has 0 saturated heterocycles. The molecule has 8 nitrogen and oxygen atoms in total. The van der Waals surface area contributed by atoms with Crippen LogP contribution in [-0.2, 0) is 15.0 Å². The van der Waals surface area contributed by atoms with Crippen LogP contribution in [-0.4, -0.2) is 27.6 Å². The number of nitrogens with zero attached hydrogens (tertiary/aromatic N) is 4. The number of nitrogens with two attached hydrogens (primary N) is 1. The number of anilines is 2. The van der Waals surface area contributed by atoms with E-state index < -0.39 is 11.3 Å². The number of ketones is 1. The highest BCUT2D eigenvalue weighted by Crippen LogP contribution is 2.57. The maximum absolute atomic E-state index is 13.7. The van der Waals surface area contributed by atoms with E-state index >= 15 is 0 Å². The van der Waals surface area contributed by atoms with Gasteiger partial charge in [0.2, 0.25) is 11.0 Å². The van der Waals surface area contributed by atoms with Crippen molar-refractivity contribution in [3.8, 4) is 6.07 Å². The Balaban J connectivity index is 1.85. The van der Waals surface area contributed by atoms with Crippen molar-refractivity contribution in [1.82, 2.24) is 10.2 Å². The van der Waals surface area contributed by atoms with Gasteiger partial charge in [0.25, 0.3) is 0 Å². The second kappa shape index (κ2) is 7.43. The highest BCUT2D eigenvalue weighted by Gasteiger charge is 2.61. The number of carbonyl (C=O) groups excluding carboxylic acids is 2. The van der Waals surface area contributed by atoms with Crippen molar-refractivity contribution in [2.24, 2.45) is 11.1 Å². The van der Waals surface area contributed by atoms with Gasteiger partial charge in [-0.2, -0.15) is 5.26 Å². The van der Waals surface area contributed by atoms with Gasteiger partial charge in [0.1, 0.15) is 17.3 Å². The lowest BCUT2D eigenvalue weighted by atomic mass is 9.61. The lowest BCUT2D eigenvalue weighted by Gasteiger charge is -2.45. The zero-order valence-corrected chi connectivity index (χ0v) is 20.1. The van der Waals surface area contributed by atoms with Crippen molar-refractivity contribution in [1.29, 1.82) is 5.26 Å². The molecule has 0 radical (unpaired) electrons. The molecule has 2 aliphatic heterocycles. The van der Waals surface area contributed by atoms with E-state index in [1.165, 1.54) is 11.3 Å². The van der Waals surface area contributed by atoms with Gasteiger partial charge in [0, 0.05) is 28.9 Å². The maximum Gasteiger partial charge on any atom is 0.245 e. The highest BCUT2D eigenvalue weighted by molar-refractivity contribution is 8.01. The highest BCUT2D eigenvalue weighted by atomic mass is 32.2. The van der Waals surface area contributed by atoms with Gasteiger partial charge in [-0.15, -0.1) is 10.2 Å². The predicted molar refractivity (Wildman–Crippen MR) is 127 cm³/mol. The topological polar surface area (TPSA) is 125 Å². The van der Waals surface area contributed by atoms with E-state index in [1.54, 1.807) is 34.9 Å². The van der Waals surface area contributed by atoms with E-state index in [9.17, 15) is 14.9 Å². The fourth-order valence-electron chi connectivity index (χ4n) is 5.07. The summed E-state index contributed by atoms with van der Waals surface area (Å²) in [5, 5.41) is 22.2. The summed E-state index contributed by atoms with van der Waals surface area (Å²) in [6.45, 7) is 6.05. The zero-order valence-electron chi connectivity index (χ0n) is 18.4. The second-order valence-corrected chi connectivity index (χ2v) is 11.5. The minimum atomic E-state index is -1.57. The molecule has 1 amide bonds. The number of nitrogens with one attached hydrogen (secondary N) is 1. The molecule has 10 heteroatoms. The van der Waals surface area contributed by atoms with Gasteiger partial charge in [-0.05, 0) is 23.7 Å². The third kappa shape index (κ3) is 2.96. The third-order valence-electron chi connectivity index (χ3n) is 6.26. The maximum atomic E-state index is 13.7. The summed E-state index contributed by atoms with van der Waals surface area (Å²) in [4.78, 5) is 29.0. The van der Waals surface area contributed by atoms with Crippen LogP contribution >= 0.6 is 23.1 Å². The summed E-state index contributed by atoms with van der Waals surface area (Å²) in [7, 11) is 0. The molecular formula is C23H22N6O2S2. The molecule has 3 aliphatic rings. The minimum Gasteiger partial charge on any atom is -0.384 e. The fraction of sp³-hybridized carbons (Fsp3) is 0.348. The number of fused-ring (bicyclic) bond motifs is 3. The van der Waals surface area contributed by atoms with Gasteiger partial charge < -0.3 is 11.1 Å². The van der Waals surface area contributed by atoms with Gasteiger partial charge >= 0.3 is 0 Å². The Hall–Kier alpha value is -3.16. The Labute approximate surface area is 199 Å². The van der Waals surface area contributed by atoms with Gasteiger partial charge in [0.15, 0.2) is 10.1 Å². The Morgan fingerprint density at radius 3 is 2.76 bits per heavy atom. The van der Waals surface area contributed by atoms with E-state index in [-0.39, 0.29) is 29.0 Å². The van der Waals surface area contributed by atoms with Gasteiger partial charge in [-0.25, -0.2) is 0 Å². The lowest BCUT2D eigenvalue weighted by molar-refractivity contribution is -0.123. The number of aromatic nitrogens is 2. The molecule has 3 heterocycles. The smallest absolute Gasteiger partial charge is 0.245 e. The number of benzene rings is 1. The average Bonchev–Trinajstić information content (AvgIpc) is 3.31. The molecule has 1 aromatic heterocycles. The molecule has 0 bridgehead atoms. The first-order valence-electron chi connectivity index (χ1n) is 10.6. The molecule has 168 valence electrons. The summed E-state index contributed by atoms with van der Waals surface area (Å²) < 4.78 is 0.770. The van der Waals surface area contributed by atoms with Crippen molar-refractivity contribution in [3.05, 3.63) is 52.5 Å². The van der Waals surface area contributed by atoms with Crippen LogP contribution in [0.3, 0.4) is 0 Å². The molecule has 0 saturated carbocycles. The van der Waals surface area contributed by atoms with Gasteiger partial charge in [0.05, 0.1) is 5.57 Å². The van der Waals surface area contributed by atoms with E-state index in [0.717, 1.165) is 10.1 Å². The Morgan fingerprint density at radius 2 is 2.03 bits per heavy atom. The summed E-state index contributed by atoms with van der Waals surface area (Å²) in [6, 6.07) is 9.35. The normalized spacial score (nSPS) is 23.5. The monoisotopic (exact) mass is 478 g/mol. The average molecular weight is 479 g/mol. The molecule has 1 atom stereocenters. The number of nitriles is 1. The molecular weight excluding hydrogens is 456 g/mol. The van der Waals surface area contributed by atoms with E-state index in [4.69, 9.17) is 5.73 Å². The molecule has 0 unspecified atom stereocenters. The zero-order chi connectivity index (χ0) is 23.5. The fourth-order valence-corrected chi connectivity index (χ4v) is 6.84. The summed E-state index contributed by atoms with van der Waals surface area (Å²) in [5.41, 5.74) is 6.87. The number of Topliss-reactive ketones (excluding diaryl/α,β-unsaturated/α-hetero) is 1. The second-order valence-electron chi connectivity index (χ2n) is 9.00. The number of para-hydroxylation sites is 1. The SMILES string of the molecule is CCSc1nnc(N2C(N)=C(C#N)[C@@]3(C(=O)Nc4ccccc43)C3=C2CC(C)(C)CC3=O)s1. The van der Waals surface area contributed by atoms with Crippen LogP contribution in [0, 0.1) is 16.7 Å². The summed E-state index contributed by atoms with van der Waals surface area (Å²) >= 11 is 2.91. The van der Waals surface area contributed by atoms with Crippen molar-refractivity contribution in [2.75, 3.05) is 16.0 Å². The first-order valence-corrected chi connectivity index (χ1v) is 12.4. The largest absolute Gasteiger partial charge is 0.384 e. The van der Waals surface area contributed by atoms with Crippen molar-refractivity contribution < 1.29 is 9.59 Å². The number of hydrogen-bond acceptors (Lipinski definition) is 9. The first-order chi connectivity index (χ1) is 15.7. The molecule has 5 rings (SSSR count). The first kappa shape index (κ1) is 21.7. The van der Waals surface area contributed by atoms with Crippen LogP contribution in [0.5, 0.6) is 0 Å². The van der Waals surface area contributed by atoms with Crippen molar-refractivity contribution >= 4 is 45.6 Å². The summed E-state index contributed by atoms with van der Waals surface area (Å²) in [6.07, 6.45) is 0.767. The third-order valence-corrected chi connectivity index (χ3v) is 8.18. The standard InChI is InChI=1S/C23H22N6O2S2/c1-4-32-21-28-27-20(33-21)29-15-9-22(2,3)10-16(30)17(15)23(13(11-24)18(29)25)12-7-5-6-8-14(12)26-19(23)31/h5-8H,4,9-10,25H2,1-3H3,(H,26,31)/t23-/m1/s1. The predicted octanol–water partition coefficient (Wildman–Crippen LogP) is 3.70. The molecule has 33 heavy (non-hydrogen) atoms. The Kier molecular flexibility index (Phi) is 4.88. The molecule has 3 N–H and O–H groups in total. The van der Waals surface area contributed by atoms with Crippen LogP contribution < -0.4 is 16.0 Å². The molecule has 1 spiro atoms. The van der Waals surface area contributed by atoms with Gasteiger partial charge in [-0.1, -0.05) is 62.1 Å².